The van der Waals surface area contributed by atoms with Gasteiger partial charge in [0.05, 0.1) is 5.56 Å². The first-order valence-electron chi connectivity index (χ1n) is 5.54. The summed E-state index contributed by atoms with van der Waals surface area (Å²) in [5.74, 6) is -2.23. The third-order valence-corrected chi connectivity index (χ3v) is 2.94. The Hall–Kier alpha value is -1.94. The summed E-state index contributed by atoms with van der Waals surface area (Å²) in [4.78, 5) is 11.7. The lowest BCUT2D eigenvalue weighted by Gasteiger charge is -2.07. The van der Waals surface area contributed by atoms with Crippen LogP contribution in [-0.4, -0.2) is 5.91 Å². The van der Waals surface area contributed by atoms with Crippen LogP contribution in [0, 0.1) is 11.6 Å². The van der Waals surface area contributed by atoms with Gasteiger partial charge in [0, 0.05) is 17.6 Å². The maximum Gasteiger partial charge on any atom is 0.254 e. The second kappa shape index (κ2) is 5.80. The number of halogens is 3. The van der Waals surface area contributed by atoms with E-state index in [2.05, 4.69) is 5.32 Å². The molecule has 1 N–H and O–H groups in total. The van der Waals surface area contributed by atoms with Crippen LogP contribution in [0.3, 0.4) is 0 Å². The predicted octanol–water partition coefficient (Wildman–Crippen LogP) is 3.55. The van der Waals surface area contributed by atoms with E-state index in [0.29, 0.717) is 11.1 Å². The van der Waals surface area contributed by atoms with Crippen LogP contribution in [0.4, 0.5) is 8.78 Å². The van der Waals surface area contributed by atoms with Gasteiger partial charge in [-0.3, -0.25) is 4.79 Å². The number of rotatable bonds is 3. The molecule has 0 saturated carbocycles. The van der Waals surface area contributed by atoms with Gasteiger partial charge in [0.25, 0.3) is 5.91 Å². The highest BCUT2D eigenvalue weighted by molar-refractivity contribution is 6.31. The van der Waals surface area contributed by atoms with Crippen LogP contribution >= 0.6 is 11.6 Å². The van der Waals surface area contributed by atoms with Gasteiger partial charge >= 0.3 is 0 Å². The zero-order valence-electron chi connectivity index (χ0n) is 9.79. The Labute approximate surface area is 114 Å². The lowest BCUT2D eigenvalue weighted by Crippen LogP contribution is -2.24. The largest absolute Gasteiger partial charge is 0.348 e. The maximum absolute atomic E-state index is 13.4. The summed E-state index contributed by atoms with van der Waals surface area (Å²) in [5, 5.41) is 3.05. The number of hydrogen-bond donors (Lipinski definition) is 1. The van der Waals surface area contributed by atoms with E-state index < -0.39 is 17.5 Å². The van der Waals surface area contributed by atoms with Crippen molar-refractivity contribution >= 4 is 17.5 Å². The zero-order chi connectivity index (χ0) is 13.8. The summed E-state index contributed by atoms with van der Waals surface area (Å²) in [5.41, 5.74) is 0.522. The molecule has 0 heterocycles. The molecule has 0 bridgehead atoms. The van der Waals surface area contributed by atoms with Gasteiger partial charge in [-0.1, -0.05) is 29.8 Å². The number of hydrogen-bond acceptors (Lipinski definition) is 1. The number of nitrogens with one attached hydrogen (secondary N) is 1. The Morgan fingerprint density at radius 1 is 1.16 bits per heavy atom. The fourth-order valence-electron chi connectivity index (χ4n) is 1.59. The van der Waals surface area contributed by atoms with Crippen molar-refractivity contribution in [1.29, 1.82) is 0 Å². The van der Waals surface area contributed by atoms with E-state index in [9.17, 15) is 13.6 Å². The minimum atomic E-state index is -0.892. The molecule has 19 heavy (non-hydrogen) atoms. The number of benzene rings is 2. The highest BCUT2D eigenvalue weighted by Gasteiger charge is 2.12. The fourth-order valence-corrected chi connectivity index (χ4v) is 1.79. The molecule has 0 unspecified atom stereocenters. The third-order valence-electron chi connectivity index (χ3n) is 2.57. The highest BCUT2D eigenvalue weighted by Crippen LogP contribution is 2.15. The van der Waals surface area contributed by atoms with Gasteiger partial charge in [0.1, 0.15) is 11.6 Å². The molecule has 0 spiro atoms. The molecular weight excluding hydrogens is 272 g/mol. The second-order valence-corrected chi connectivity index (χ2v) is 4.31. The smallest absolute Gasteiger partial charge is 0.254 e. The van der Waals surface area contributed by atoms with Crippen molar-refractivity contribution in [3.63, 3.8) is 0 Å². The van der Waals surface area contributed by atoms with Gasteiger partial charge in [-0.05, 0) is 23.8 Å². The normalized spacial score (nSPS) is 10.3. The molecule has 2 aromatic rings. The standard InChI is InChI=1S/C14H10ClF2NO/c15-12-4-2-1-3-9(12)8-18-14(19)11-6-5-10(16)7-13(11)17/h1-7H,8H2,(H,18,19). The molecule has 1 amide bonds. The molecule has 2 nitrogen and oxygen atoms in total. The van der Waals surface area contributed by atoms with Crippen molar-refractivity contribution in [3.05, 3.63) is 70.2 Å². The Balaban J connectivity index is 2.08. The quantitative estimate of drug-likeness (QED) is 0.916. The average molecular weight is 282 g/mol. The van der Waals surface area contributed by atoms with E-state index in [-0.39, 0.29) is 12.1 Å². The van der Waals surface area contributed by atoms with Gasteiger partial charge in [-0.25, -0.2) is 8.78 Å². The van der Waals surface area contributed by atoms with Gasteiger partial charge < -0.3 is 5.32 Å². The molecule has 0 aliphatic rings. The molecule has 5 heteroatoms. The average Bonchev–Trinajstić information content (AvgIpc) is 2.37. The van der Waals surface area contributed by atoms with Crippen molar-refractivity contribution in [2.24, 2.45) is 0 Å². The Kier molecular flexibility index (Phi) is 4.12. The molecule has 2 aromatic carbocycles. The fraction of sp³-hybridized carbons (Fsp3) is 0.0714. The molecule has 0 aromatic heterocycles. The van der Waals surface area contributed by atoms with Gasteiger partial charge in [0.15, 0.2) is 0 Å². The van der Waals surface area contributed by atoms with Gasteiger partial charge in [-0.15, -0.1) is 0 Å². The first kappa shape index (κ1) is 13.5. The lowest BCUT2D eigenvalue weighted by molar-refractivity contribution is 0.0947. The third kappa shape index (κ3) is 3.29. The molecular formula is C14H10ClF2NO. The zero-order valence-corrected chi connectivity index (χ0v) is 10.5. The molecule has 0 fully saturated rings. The molecule has 0 aliphatic carbocycles. The van der Waals surface area contributed by atoms with Crippen molar-refractivity contribution in [3.8, 4) is 0 Å². The Morgan fingerprint density at radius 2 is 1.89 bits per heavy atom. The molecule has 2 rings (SSSR count). The van der Waals surface area contributed by atoms with Crippen molar-refractivity contribution in [2.45, 2.75) is 6.54 Å². The predicted molar refractivity (Wildman–Crippen MR) is 69.0 cm³/mol. The molecule has 0 aliphatic heterocycles. The summed E-state index contributed by atoms with van der Waals surface area (Å²) in [6.45, 7) is 0.176. The van der Waals surface area contributed by atoms with E-state index in [4.69, 9.17) is 11.6 Å². The van der Waals surface area contributed by atoms with Crippen LogP contribution in [0.5, 0.6) is 0 Å². The minimum Gasteiger partial charge on any atom is -0.348 e. The highest BCUT2D eigenvalue weighted by atomic mass is 35.5. The van der Waals surface area contributed by atoms with E-state index >= 15 is 0 Å². The Bertz CT molecular complexity index is 616. The summed E-state index contributed by atoms with van der Waals surface area (Å²) < 4.78 is 26.1. The van der Waals surface area contributed by atoms with E-state index in [0.717, 1.165) is 17.7 Å². The number of amides is 1. The van der Waals surface area contributed by atoms with Gasteiger partial charge in [-0.2, -0.15) is 0 Å². The maximum atomic E-state index is 13.4. The summed E-state index contributed by atoms with van der Waals surface area (Å²) >= 11 is 5.93. The monoisotopic (exact) mass is 281 g/mol. The number of carbonyl (C=O) groups is 1. The number of carbonyl (C=O) groups excluding carboxylic acids is 1. The SMILES string of the molecule is O=C(NCc1ccccc1Cl)c1ccc(F)cc1F. The van der Waals surface area contributed by atoms with Crippen molar-refractivity contribution in [1.82, 2.24) is 5.32 Å². The lowest BCUT2D eigenvalue weighted by atomic mass is 10.1. The van der Waals surface area contributed by atoms with Crippen LogP contribution < -0.4 is 5.32 Å². The van der Waals surface area contributed by atoms with Crippen LogP contribution in [-0.2, 0) is 6.54 Å². The van der Waals surface area contributed by atoms with Gasteiger partial charge in [0.2, 0.25) is 0 Å². The summed E-state index contributed by atoms with van der Waals surface area (Å²) in [6.07, 6.45) is 0. The summed E-state index contributed by atoms with van der Waals surface area (Å²) in [6, 6.07) is 9.81. The van der Waals surface area contributed by atoms with Crippen LogP contribution in [0.25, 0.3) is 0 Å². The van der Waals surface area contributed by atoms with E-state index in [1.54, 1.807) is 24.3 Å². The van der Waals surface area contributed by atoms with E-state index in [1.165, 1.54) is 0 Å². The van der Waals surface area contributed by atoms with Crippen molar-refractivity contribution < 1.29 is 13.6 Å². The van der Waals surface area contributed by atoms with Crippen LogP contribution in [0.1, 0.15) is 15.9 Å². The Morgan fingerprint density at radius 3 is 2.58 bits per heavy atom. The second-order valence-electron chi connectivity index (χ2n) is 3.90. The molecule has 0 radical (unpaired) electrons. The molecule has 0 atom stereocenters. The topological polar surface area (TPSA) is 29.1 Å². The molecule has 98 valence electrons. The van der Waals surface area contributed by atoms with Crippen LogP contribution in [0.15, 0.2) is 42.5 Å². The first-order valence-corrected chi connectivity index (χ1v) is 5.92. The molecule has 0 saturated heterocycles. The first-order chi connectivity index (χ1) is 9.08. The van der Waals surface area contributed by atoms with Crippen molar-refractivity contribution in [2.75, 3.05) is 0 Å². The van der Waals surface area contributed by atoms with E-state index in [1.807, 2.05) is 0 Å². The van der Waals surface area contributed by atoms with Crippen LogP contribution in [0.2, 0.25) is 5.02 Å². The summed E-state index contributed by atoms with van der Waals surface area (Å²) in [7, 11) is 0. The minimum absolute atomic E-state index is 0.176.